The van der Waals surface area contributed by atoms with E-state index < -0.39 is 0 Å². The van der Waals surface area contributed by atoms with Crippen molar-refractivity contribution in [2.24, 2.45) is 0 Å². The molecule has 10 nitrogen and oxygen atoms in total. The summed E-state index contributed by atoms with van der Waals surface area (Å²) < 4.78 is 7.28. The number of imidazole rings is 1. The van der Waals surface area contributed by atoms with E-state index in [1.54, 1.807) is 12.4 Å². The lowest BCUT2D eigenvalue weighted by Crippen LogP contribution is -2.40. The summed E-state index contributed by atoms with van der Waals surface area (Å²) in [5.41, 5.74) is 6.76. The van der Waals surface area contributed by atoms with Crippen molar-refractivity contribution < 1.29 is 14.3 Å². The first kappa shape index (κ1) is 26.4. The van der Waals surface area contributed by atoms with Gasteiger partial charge >= 0.3 is 0 Å². The molecular formula is C33H29N7O3. The zero-order valence-corrected chi connectivity index (χ0v) is 23.5. The molecule has 1 aliphatic heterocycles. The third kappa shape index (κ3) is 5.08. The van der Waals surface area contributed by atoms with E-state index in [0.29, 0.717) is 60.3 Å². The Kier molecular flexibility index (Phi) is 6.80. The van der Waals surface area contributed by atoms with Gasteiger partial charge in [0.15, 0.2) is 11.5 Å². The van der Waals surface area contributed by atoms with Crippen molar-refractivity contribution in [1.82, 2.24) is 24.3 Å². The van der Waals surface area contributed by atoms with E-state index in [1.807, 2.05) is 95.3 Å². The molecule has 43 heavy (non-hydrogen) atoms. The number of hydrogen-bond acceptors (Lipinski definition) is 6. The van der Waals surface area contributed by atoms with E-state index in [2.05, 4.69) is 20.6 Å². The summed E-state index contributed by atoms with van der Waals surface area (Å²) in [6.07, 6.45) is 7.25. The van der Waals surface area contributed by atoms with Gasteiger partial charge < -0.3 is 29.7 Å². The summed E-state index contributed by atoms with van der Waals surface area (Å²) in [6.45, 7) is 4.29. The Morgan fingerprint density at radius 3 is 2.63 bits per heavy atom. The molecule has 1 aliphatic rings. The molecule has 10 heteroatoms. The van der Waals surface area contributed by atoms with Crippen LogP contribution in [0.3, 0.4) is 0 Å². The molecule has 3 aromatic heterocycles. The highest BCUT2D eigenvalue weighted by molar-refractivity contribution is 6.13. The Hall–Kier alpha value is -5.48. The monoisotopic (exact) mass is 571 g/mol. The first-order valence-electron chi connectivity index (χ1n) is 14.1. The Bertz CT molecular complexity index is 1970. The second-order valence-electron chi connectivity index (χ2n) is 10.4. The summed E-state index contributed by atoms with van der Waals surface area (Å²) in [7, 11) is 0. The van der Waals surface area contributed by atoms with Crippen LogP contribution in [0.4, 0.5) is 17.2 Å². The van der Waals surface area contributed by atoms with Gasteiger partial charge in [-0.05, 0) is 48.9 Å². The number of fused-ring (bicyclic) bond motifs is 2. The van der Waals surface area contributed by atoms with Gasteiger partial charge in [0.1, 0.15) is 0 Å². The van der Waals surface area contributed by atoms with Crippen LogP contribution < -0.4 is 10.6 Å². The van der Waals surface area contributed by atoms with Gasteiger partial charge in [-0.15, -0.1) is 0 Å². The molecule has 1 fully saturated rings. The van der Waals surface area contributed by atoms with Crippen LogP contribution in [-0.2, 0) is 4.74 Å². The lowest BCUT2D eigenvalue weighted by Gasteiger charge is -2.26. The van der Waals surface area contributed by atoms with Crippen LogP contribution in [0.25, 0.3) is 27.8 Å². The van der Waals surface area contributed by atoms with Gasteiger partial charge in [-0.2, -0.15) is 0 Å². The van der Waals surface area contributed by atoms with Gasteiger partial charge in [0.05, 0.1) is 24.5 Å². The Labute approximate surface area is 247 Å². The first-order valence-corrected chi connectivity index (χ1v) is 14.1. The number of aromatic amines is 1. The molecule has 0 unspecified atom stereocenters. The summed E-state index contributed by atoms with van der Waals surface area (Å²) in [6, 6.07) is 20.9. The number of ether oxygens (including phenoxy) is 1. The highest BCUT2D eigenvalue weighted by atomic mass is 16.5. The predicted octanol–water partition coefficient (Wildman–Crippen LogP) is 5.65. The van der Waals surface area contributed by atoms with E-state index >= 15 is 0 Å². The lowest BCUT2D eigenvalue weighted by atomic mass is 10.0. The van der Waals surface area contributed by atoms with E-state index in [1.165, 1.54) is 0 Å². The fraction of sp³-hybridized carbons (Fsp3) is 0.152. The molecule has 3 aromatic carbocycles. The van der Waals surface area contributed by atoms with Crippen LogP contribution in [0, 0.1) is 6.92 Å². The van der Waals surface area contributed by atoms with Gasteiger partial charge in [0.25, 0.3) is 11.8 Å². The number of carbonyl (C=O) groups is 2. The van der Waals surface area contributed by atoms with Crippen LogP contribution in [0.2, 0.25) is 0 Å². The smallest absolute Gasteiger partial charge is 0.257 e. The molecule has 0 atom stereocenters. The molecule has 0 saturated carbocycles. The number of nitrogens with zero attached hydrogens (tertiary/aromatic N) is 4. The normalized spacial score (nSPS) is 13.4. The molecule has 214 valence electrons. The van der Waals surface area contributed by atoms with Crippen LogP contribution >= 0.6 is 0 Å². The predicted molar refractivity (Wildman–Crippen MR) is 166 cm³/mol. The second-order valence-corrected chi connectivity index (χ2v) is 10.4. The van der Waals surface area contributed by atoms with E-state index in [4.69, 9.17) is 9.72 Å². The first-order chi connectivity index (χ1) is 21.0. The highest BCUT2D eigenvalue weighted by Crippen LogP contribution is 2.31. The van der Waals surface area contributed by atoms with Gasteiger partial charge in [0, 0.05) is 71.3 Å². The number of aromatic nitrogens is 4. The lowest BCUT2D eigenvalue weighted by molar-refractivity contribution is 0.0303. The number of amides is 2. The zero-order chi connectivity index (χ0) is 29.3. The molecule has 0 aliphatic carbocycles. The van der Waals surface area contributed by atoms with Crippen molar-refractivity contribution in [3.63, 3.8) is 0 Å². The van der Waals surface area contributed by atoms with Crippen molar-refractivity contribution in [1.29, 1.82) is 0 Å². The number of rotatable bonds is 6. The fourth-order valence-electron chi connectivity index (χ4n) is 5.42. The van der Waals surface area contributed by atoms with Crippen LogP contribution in [-0.4, -0.2) is 62.4 Å². The third-order valence-corrected chi connectivity index (χ3v) is 7.76. The van der Waals surface area contributed by atoms with Crippen molar-refractivity contribution in [3.05, 3.63) is 108 Å². The summed E-state index contributed by atoms with van der Waals surface area (Å²) >= 11 is 0. The molecular weight excluding hydrogens is 542 g/mol. The minimum atomic E-state index is -0.186. The topological polar surface area (TPSA) is 117 Å². The number of carbonyl (C=O) groups excluding carboxylic acids is 2. The van der Waals surface area contributed by atoms with Crippen LogP contribution in [0.5, 0.6) is 0 Å². The number of para-hydroxylation sites is 1. The second kappa shape index (κ2) is 11.1. The molecule has 4 heterocycles. The molecule has 7 rings (SSSR count). The number of anilines is 3. The van der Waals surface area contributed by atoms with Crippen molar-refractivity contribution in [2.45, 2.75) is 6.92 Å². The fourth-order valence-corrected chi connectivity index (χ4v) is 5.42. The molecule has 0 bridgehead atoms. The molecule has 0 radical (unpaired) electrons. The zero-order valence-electron chi connectivity index (χ0n) is 23.5. The molecule has 0 spiro atoms. The molecule has 2 amide bonds. The Morgan fingerprint density at radius 2 is 1.79 bits per heavy atom. The Balaban J connectivity index is 1.16. The maximum absolute atomic E-state index is 13.2. The number of benzene rings is 3. The standard InChI is InChI=1S/C33H29N7O3/c1-21-24(6-4-8-27(21)38-32(41)26-19-35-28-7-3-2-5-25(26)28)29-20-40-14-13-34-31(40)30(37-29)36-23-11-9-22(10-12-23)33(42)39-15-17-43-18-16-39/h2-14,19-20,35H,15-18H2,1H3,(H,36,37)(H,38,41). The maximum atomic E-state index is 13.2. The quantitative estimate of drug-likeness (QED) is 0.238. The summed E-state index contributed by atoms with van der Waals surface area (Å²) in [5.74, 6) is 0.383. The summed E-state index contributed by atoms with van der Waals surface area (Å²) in [4.78, 5) is 40.5. The van der Waals surface area contributed by atoms with Crippen LogP contribution in [0.15, 0.2) is 91.5 Å². The molecule has 3 N–H and O–H groups in total. The van der Waals surface area contributed by atoms with Crippen molar-refractivity contribution in [2.75, 3.05) is 36.9 Å². The number of morpholine rings is 1. The average molecular weight is 572 g/mol. The van der Waals surface area contributed by atoms with Crippen LogP contribution in [0.1, 0.15) is 26.3 Å². The largest absolute Gasteiger partial charge is 0.378 e. The third-order valence-electron chi connectivity index (χ3n) is 7.76. The Morgan fingerprint density at radius 1 is 0.977 bits per heavy atom. The molecule has 1 saturated heterocycles. The average Bonchev–Trinajstić information content (AvgIpc) is 3.70. The molecule has 6 aromatic rings. The van der Waals surface area contributed by atoms with Crippen molar-refractivity contribution in [3.8, 4) is 11.3 Å². The minimum Gasteiger partial charge on any atom is -0.378 e. The van der Waals surface area contributed by atoms with E-state index in [9.17, 15) is 9.59 Å². The van der Waals surface area contributed by atoms with Gasteiger partial charge in [0.2, 0.25) is 0 Å². The number of nitrogens with one attached hydrogen (secondary N) is 3. The van der Waals surface area contributed by atoms with Gasteiger partial charge in [-0.1, -0.05) is 30.3 Å². The van der Waals surface area contributed by atoms with Gasteiger partial charge in [-0.3, -0.25) is 9.59 Å². The SMILES string of the molecule is Cc1c(NC(=O)c2c[nH]c3ccccc23)cccc1-c1cn2ccnc2c(Nc2ccc(C(=O)N3CCOCC3)cc2)n1. The van der Waals surface area contributed by atoms with E-state index in [-0.39, 0.29) is 11.8 Å². The van der Waals surface area contributed by atoms with E-state index in [0.717, 1.165) is 27.7 Å². The van der Waals surface area contributed by atoms with Crippen molar-refractivity contribution >= 4 is 45.6 Å². The minimum absolute atomic E-state index is 0.00207. The number of H-pyrrole nitrogens is 1. The highest BCUT2D eigenvalue weighted by Gasteiger charge is 2.19. The maximum Gasteiger partial charge on any atom is 0.257 e. The van der Waals surface area contributed by atoms with Gasteiger partial charge in [-0.25, -0.2) is 9.97 Å². The summed E-state index contributed by atoms with van der Waals surface area (Å²) in [5, 5.41) is 7.33. The number of hydrogen-bond donors (Lipinski definition) is 3.